The first-order chi connectivity index (χ1) is 10.2. The van der Waals surface area contributed by atoms with Crippen molar-refractivity contribution in [2.45, 2.75) is 33.2 Å². The minimum absolute atomic E-state index is 0.150. The fraction of sp³-hybridized carbons (Fsp3) is 0.375. The van der Waals surface area contributed by atoms with Crippen molar-refractivity contribution in [3.8, 4) is 5.75 Å². The molecule has 2 aromatic rings. The van der Waals surface area contributed by atoms with Gasteiger partial charge in [0.1, 0.15) is 11.6 Å². The smallest absolute Gasteiger partial charge is 0.256 e. The van der Waals surface area contributed by atoms with E-state index in [0.29, 0.717) is 18.0 Å². The Balaban J connectivity index is 2.09. The normalized spacial score (nSPS) is 12.0. The molecule has 0 radical (unpaired) electrons. The van der Waals surface area contributed by atoms with Gasteiger partial charge >= 0.3 is 0 Å². The van der Waals surface area contributed by atoms with Crippen molar-refractivity contribution in [3.05, 3.63) is 42.1 Å². The van der Waals surface area contributed by atoms with Gasteiger partial charge in [0.15, 0.2) is 0 Å². The Hall–Kier alpha value is -2.30. The number of hydrogen-bond donors (Lipinski definition) is 1. The number of carbonyl (C=O) groups excluding carboxylic acids is 1. The molecule has 0 aliphatic heterocycles. The standard InChI is InChI=1S/C16H21N3O2/c1-4-12(3)19-15(10-11-17-19)18-16(20)13-6-8-14(9-7-13)21-5-2/h6-12H,4-5H2,1-3H3,(H,18,20). The van der Waals surface area contributed by atoms with E-state index in [1.165, 1.54) is 0 Å². The summed E-state index contributed by atoms with van der Waals surface area (Å²) in [6.45, 7) is 6.69. The van der Waals surface area contributed by atoms with E-state index in [1.807, 2.05) is 11.6 Å². The minimum atomic E-state index is -0.150. The molecular formula is C16H21N3O2. The Labute approximate surface area is 124 Å². The summed E-state index contributed by atoms with van der Waals surface area (Å²) in [4.78, 5) is 12.3. The highest BCUT2D eigenvalue weighted by molar-refractivity contribution is 6.03. The lowest BCUT2D eigenvalue weighted by Crippen LogP contribution is -2.17. The van der Waals surface area contributed by atoms with Crippen molar-refractivity contribution in [2.75, 3.05) is 11.9 Å². The first-order valence-electron chi connectivity index (χ1n) is 7.23. The summed E-state index contributed by atoms with van der Waals surface area (Å²) in [7, 11) is 0. The number of carbonyl (C=O) groups is 1. The molecule has 0 saturated carbocycles. The number of aromatic nitrogens is 2. The highest BCUT2D eigenvalue weighted by Gasteiger charge is 2.12. The maximum absolute atomic E-state index is 12.3. The van der Waals surface area contributed by atoms with Crippen LogP contribution in [0.2, 0.25) is 0 Å². The SMILES string of the molecule is CCOc1ccc(C(=O)Nc2ccnn2C(C)CC)cc1. The lowest BCUT2D eigenvalue weighted by atomic mass is 10.2. The van der Waals surface area contributed by atoms with Gasteiger partial charge in [0.25, 0.3) is 5.91 Å². The zero-order chi connectivity index (χ0) is 15.2. The molecule has 2 rings (SSSR count). The van der Waals surface area contributed by atoms with Gasteiger partial charge in [-0.05, 0) is 44.5 Å². The second-order valence-corrected chi connectivity index (χ2v) is 4.83. The van der Waals surface area contributed by atoms with E-state index in [9.17, 15) is 4.79 Å². The fourth-order valence-corrected chi connectivity index (χ4v) is 2.00. The number of amides is 1. The van der Waals surface area contributed by atoms with Crippen LogP contribution in [-0.4, -0.2) is 22.3 Å². The van der Waals surface area contributed by atoms with Gasteiger partial charge in [0.05, 0.1) is 18.8 Å². The third kappa shape index (κ3) is 3.62. The number of nitrogens with zero attached hydrogens (tertiary/aromatic N) is 2. The molecule has 112 valence electrons. The maximum atomic E-state index is 12.3. The topological polar surface area (TPSA) is 56.1 Å². The van der Waals surface area contributed by atoms with Crippen LogP contribution in [0.1, 0.15) is 43.6 Å². The molecule has 21 heavy (non-hydrogen) atoms. The predicted molar refractivity (Wildman–Crippen MR) is 82.8 cm³/mol. The summed E-state index contributed by atoms with van der Waals surface area (Å²) in [5.41, 5.74) is 0.593. The highest BCUT2D eigenvalue weighted by Crippen LogP contribution is 2.18. The van der Waals surface area contributed by atoms with Crippen LogP contribution in [0.15, 0.2) is 36.5 Å². The van der Waals surface area contributed by atoms with Crippen molar-refractivity contribution in [1.29, 1.82) is 0 Å². The molecule has 1 heterocycles. The Kier molecular flexibility index (Phi) is 4.98. The van der Waals surface area contributed by atoms with E-state index < -0.39 is 0 Å². The second-order valence-electron chi connectivity index (χ2n) is 4.83. The van der Waals surface area contributed by atoms with Gasteiger partial charge in [-0.2, -0.15) is 5.10 Å². The van der Waals surface area contributed by atoms with Crippen LogP contribution in [-0.2, 0) is 0 Å². The van der Waals surface area contributed by atoms with Crippen LogP contribution in [0.5, 0.6) is 5.75 Å². The second kappa shape index (κ2) is 6.92. The fourth-order valence-electron chi connectivity index (χ4n) is 2.00. The van der Waals surface area contributed by atoms with Crippen molar-refractivity contribution >= 4 is 11.7 Å². The molecule has 0 saturated heterocycles. The molecule has 5 nitrogen and oxygen atoms in total. The summed E-state index contributed by atoms with van der Waals surface area (Å²) in [6.07, 6.45) is 2.65. The van der Waals surface area contributed by atoms with E-state index in [1.54, 1.807) is 36.5 Å². The van der Waals surface area contributed by atoms with Crippen molar-refractivity contribution in [3.63, 3.8) is 0 Å². The van der Waals surface area contributed by atoms with Crippen LogP contribution in [0.25, 0.3) is 0 Å². The summed E-state index contributed by atoms with van der Waals surface area (Å²) >= 11 is 0. The Morgan fingerprint density at radius 2 is 2.00 bits per heavy atom. The maximum Gasteiger partial charge on any atom is 0.256 e. The van der Waals surface area contributed by atoms with Crippen LogP contribution in [0.3, 0.4) is 0 Å². The number of hydrogen-bond acceptors (Lipinski definition) is 3. The van der Waals surface area contributed by atoms with Crippen LogP contribution < -0.4 is 10.1 Å². The highest BCUT2D eigenvalue weighted by atomic mass is 16.5. The van der Waals surface area contributed by atoms with Gasteiger partial charge in [-0.1, -0.05) is 6.92 Å². The number of rotatable bonds is 6. The number of ether oxygens (including phenoxy) is 1. The Morgan fingerprint density at radius 3 is 2.62 bits per heavy atom. The number of nitrogens with one attached hydrogen (secondary N) is 1. The lowest BCUT2D eigenvalue weighted by Gasteiger charge is -2.14. The van der Waals surface area contributed by atoms with Crippen LogP contribution in [0.4, 0.5) is 5.82 Å². The molecule has 1 N–H and O–H groups in total. The molecule has 0 spiro atoms. The average Bonchev–Trinajstić information content (AvgIpc) is 2.95. The van der Waals surface area contributed by atoms with Gasteiger partial charge in [0.2, 0.25) is 0 Å². The van der Waals surface area contributed by atoms with E-state index in [-0.39, 0.29) is 11.9 Å². The zero-order valence-electron chi connectivity index (χ0n) is 12.7. The number of anilines is 1. The lowest BCUT2D eigenvalue weighted by molar-refractivity contribution is 0.102. The van der Waals surface area contributed by atoms with Gasteiger partial charge in [0, 0.05) is 11.6 Å². The van der Waals surface area contributed by atoms with Crippen molar-refractivity contribution in [2.24, 2.45) is 0 Å². The molecule has 1 unspecified atom stereocenters. The molecule has 0 aliphatic rings. The molecule has 1 atom stereocenters. The van der Waals surface area contributed by atoms with E-state index in [2.05, 4.69) is 24.3 Å². The largest absolute Gasteiger partial charge is 0.494 e. The van der Waals surface area contributed by atoms with Crippen molar-refractivity contribution < 1.29 is 9.53 Å². The van der Waals surface area contributed by atoms with Gasteiger partial charge in [-0.15, -0.1) is 0 Å². The Bertz CT molecular complexity index is 590. The van der Waals surface area contributed by atoms with E-state index in [4.69, 9.17) is 4.74 Å². The number of benzene rings is 1. The molecule has 0 fully saturated rings. The summed E-state index contributed by atoms with van der Waals surface area (Å²) < 4.78 is 7.19. The molecule has 0 bridgehead atoms. The van der Waals surface area contributed by atoms with Crippen LogP contribution in [0, 0.1) is 0 Å². The quantitative estimate of drug-likeness (QED) is 0.884. The minimum Gasteiger partial charge on any atom is -0.494 e. The summed E-state index contributed by atoms with van der Waals surface area (Å²) in [6, 6.07) is 9.15. The van der Waals surface area contributed by atoms with E-state index >= 15 is 0 Å². The molecular weight excluding hydrogens is 266 g/mol. The molecule has 5 heteroatoms. The first-order valence-corrected chi connectivity index (χ1v) is 7.23. The molecule has 1 amide bonds. The predicted octanol–water partition coefficient (Wildman–Crippen LogP) is 3.51. The monoisotopic (exact) mass is 287 g/mol. The van der Waals surface area contributed by atoms with Crippen molar-refractivity contribution in [1.82, 2.24) is 9.78 Å². The molecule has 1 aromatic carbocycles. The van der Waals surface area contributed by atoms with Gasteiger partial charge < -0.3 is 10.1 Å². The van der Waals surface area contributed by atoms with Crippen LogP contribution >= 0.6 is 0 Å². The van der Waals surface area contributed by atoms with E-state index in [0.717, 1.165) is 12.2 Å². The first kappa shape index (κ1) is 15.1. The third-order valence-electron chi connectivity index (χ3n) is 3.35. The summed E-state index contributed by atoms with van der Waals surface area (Å²) in [5.74, 6) is 1.32. The zero-order valence-corrected chi connectivity index (χ0v) is 12.7. The average molecular weight is 287 g/mol. The third-order valence-corrected chi connectivity index (χ3v) is 3.35. The molecule has 0 aliphatic carbocycles. The van der Waals surface area contributed by atoms with Gasteiger partial charge in [-0.25, -0.2) is 4.68 Å². The summed E-state index contributed by atoms with van der Waals surface area (Å²) in [5, 5.41) is 7.15. The van der Waals surface area contributed by atoms with Gasteiger partial charge in [-0.3, -0.25) is 4.79 Å². The molecule has 1 aromatic heterocycles. The Morgan fingerprint density at radius 1 is 1.29 bits per heavy atom.